The van der Waals surface area contributed by atoms with Crippen molar-refractivity contribution < 1.29 is 114 Å². The van der Waals surface area contributed by atoms with E-state index in [9.17, 15) is 42.9 Å². The van der Waals surface area contributed by atoms with Crippen molar-refractivity contribution in [2.24, 2.45) is 10.2 Å². The van der Waals surface area contributed by atoms with Gasteiger partial charge in [-0.1, -0.05) is 96.5 Å². The molecular formula is C36H24ClCrN5Na2O9S+2. The number of phenolic OH excluding ortho intramolecular Hbond substituents is 2. The standard InChI is InChI=1S/C20H14N2O5S.C16H10ClN3O4.Cr.2Na/c23-16-10-9-12-5-1-2-6-13(12)19(16)21-22-20-15-8-4-3-7-14(15)18(11-17(20)24)28(25,26)27;17-11-7-12(15(22)8-13(11)20(23)24)18-19-16-10-4-2-1-3-9(10)5-6-14(16)21;;;/h1-11,21,23H,(H,25,26,27);1-8,18,22H;;;/q;;;2*+1/b22-20-;19-16-;;;. The maximum atomic E-state index is 12.5. The first kappa shape index (κ1) is 45.2. The van der Waals surface area contributed by atoms with Crippen molar-refractivity contribution in [1.29, 1.82) is 0 Å². The normalized spacial score (nSPS) is 14.2. The third-order valence-electron chi connectivity index (χ3n) is 7.82. The third-order valence-corrected chi connectivity index (χ3v) is 9.02. The Bertz CT molecular complexity index is 2580. The van der Waals surface area contributed by atoms with Gasteiger partial charge in [0.1, 0.15) is 38.5 Å². The molecule has 0 heterocycles. The van der Waals surface area contributed by atoms with Crippen LogP contribution in [0.3, 0.4) is 0 Å². The molecule has 2 aliphatic carbocycles. The maximum absolute atomic E-state index is 12.5. The number of anilines is 2. The molecule has 0 saturated heterocycles. The summed E-state index contributed by atoms with van der Waals surface area (Å²) in [4.78, 5) is 34.1. The molecule has 7 rings (SSSR count). The Morgan fingerprint density at radius 2 is 1.33 bits per heavy atom. The van der Waals surface area contributed by atoms with Gasteiger partial charge in [0.05, 0.1) is 16.7 Å². The van der Waals surface area contributed by atoms with Crippen molar-refractivity contribution in [2.45, 2.75) is 0 Å². The number of nitro groups is 1. The second-order valence-electron chi connectivity index (χ2n) is 11.1. The molecule has 0 bridgehead atoms. The molecule has 0 fully saturated rings. The number of nitrogens with zero attached hydrogens (tertiary/aromatic N) is 3. The van der Waals surface area contributed by atoms with Crippen LogP contribution in [0.5, 0.6) is 11.5 Å². The Labute approximate surface area is 373 Å². The van der Waals surface area contributed by atoms with Crippen LogP contribution in [0.2, 0.25) is 5.02 Å². The van der Waals surface area contributed by atoms with Gasteiger partial charge in [0.2, 0.25) is 11.6 Å². The van der Waals surface area contributed by atoms with Gasteiger partial charge in [-0.05, 0) is 29.2 Å². The van der Waals surface area contributed by atoms with E-state index in [0.717, 1.165) is 23.1 Å². The summed E-state index contributed by atoms with van der Waals surface area (Å²) in [6.45, 7) is 0. The first-order valence-electron chi connectivity index (χ1n) is 15.0. The Hall–Kier alpha value is -4.15. The van der Waals surface area contributed by atoms with Crippen LogP contribution in [0, 0.1) is 10.1 Å². The van der Waals surface area contributed by atoms with Gasteiger partial charge in [0, 0.05) is 45.5 Å². The summed E-state index contributed by atoms with van der Waals surface area (Å²) in [5.74, 6) is -1.43. The number of hydrogen-bond donors (Lipinski definition) is 5. The number of phenols is 2. The molecule has 0 unspecified atom stereocenters. The number of halogens is 1. The molecule has 0 amide bonds. The Kier molecular flexibility index (Phi) is 15.7. The quantitative estimate of drug-likeness (QED) is 0.0523. The van der Waals surface area contributed by atoms with Gasteiger partial charge in [0.15, 0.2) is 0 Å². The predicted octanol–water partition coefficient (Wildman–Crippen LogP) is 0.544. The smallest absolute Gasteiger partial charge is 0.506 e. The number of hydrogen-bond acceptors (Lipinski definition) is 12. The third kappa shape index (κ3) is 10.00. The summed E-state index contributed by atoms with van der Waals surface area (Å²) < 4.78 is 32.7. The van der Waals surface area contributed by atoms with Crippen molar-refractivity contribution in [3.8, 4) is 11.5 Å². The van der Waals surface area contributed by atoms with Gasteiger partial charge >= 0.3 is 59.1 Å². The van der Waals surface area contributed by atoms with Crippen LogP contribution in [0.1, 0.15) is 22.3 Å². The summed E-state index contributed by atoms with van der Waals surface area (Å²) in [7, 11) is -4.57. The van der Waals surface area contributed by atoms with E-state index in [-0.39, 0.29) is 121 Å². The fourth-order valence-corrected chi connectivity index (χ4v) is 6.31. The van der Waals surface area contributed by atoms with Gasteiger partial charge in [-0.25, -0.2) is 0 Å². The zero-order valence-corrected chi connectivity index (χ0v) is 35.6. The number of rotatable bonds is 6. The van der Waals surface area contributed by atoms with Gasteiger partial charge in [-0.2, -0.15) is 18.6 Å². The van der Waals surface area contributed by atoms with Crippen LogP contribution in [0.25, 0.3) is 21.8 Å². The zero-order valence-electron chi connectivity index (χ0n) is 28.8. The van der Waals surface area contributed by atoms with Crippen LogP contribution < -0.4 is 70.0 Å². The fraction of sp³-hybridized carbons (Fsp3) is 0. The number of carbonyl (C=O) groups is 2. The van der Waals surface area contributed by atoms with Crippen LogP contribution in [0.15, 0.2) is 119 Å². The summed E-state index contributed by atoms with van der Waals surface area (Å²) >= 11 is 5.81. The number of fused-ring (bicyclic) bond motifs is 3. The molecule has 5 aromatic rings. The Morgan fingerprint density at radius 3 is 2.02 bits per heavy atom. The average Bonchev–Trinajstić information content (AvgIpc) is 3.12. The van der Waals surface area contributed by atoms with Gasteiger partial charge in [-0.15, -0.1) is 0 Å². The minimum absolute atomic E-state index is 0. The summed E-state index contributed by atoms with van der Waals surface area (Å²) in [5, 5.41) is 40.4. The molecule has 2 aliphatic rings. The van der Waals surface area contributed by atoms with E-state index >= 15 is 0 Å². The van der Waals surface area contributed by atoms with Crippen molar-refractivity contribution in [2.75, 3.05) is 10.9 Å². The summed E-state index contributed by atoms with van der Waals surface area (Å²) in [6.07, 6.45) is 3.92. The molecule has 266 valence electrons. The average molecular weight is 836 g/mol. The molecule has 5 N–H and O–H groups in total. The molecule has 19 heteroatoms. The Balaban J connectivity index is 0.000000283. The first-order chi connectivity index (χ1) is 24.8. The molecular weight excluding hydrogens is 812 g/mol. The Morgan fingerprint density at radius 1 is 0.727 bits per heavy atom. The van der Waals surface area contributed by atoms with E-state index in [1.54, 1.807) is 42.5 Å². The number of allylic oxidation sites excluding steroid dienone is 2. The van der Waals surface area contributed by atoms with Gasteiger partial charge in [0.25, 0.3) is 15.8 Å². The second-order valence-corrected chi connectivity index (χ2v) is 12.9. The van der Waals surface area contributed by atoms with E-state index in [1.807, 2.05) is 30.3 Å². The molecule has 0 spiro atoms. The van der Waals surface area contributed by atoms with E-state index in [1.165, 1.54) is 30.3 Å². The molecule has 0 radical (unpaired) electrons. The number of nitrogens with one attached hydrogen (secondary N) is 2. The van der Waals surface area contributed by atoms with Crippen LogP contribution in [-0.4, -0.2) is 51.1 Å². The fourth-order valence-electron chi connectivity index (χ4n) is 5.37. The molecule has 0 atom stereocenters. The maximum Gasteiger partial charge on any atom is 1.00 e. The summed E-state index contributed by atoms with van der Waals surface area (Å²) in [5.41, 5.74) is 7.26. The number of hydrazone groups is 2. The molecule has 0 saturated carbocycles. The molecule has 0 aromatic heterocycles. The largest absolute Gasteiger partial charge is 1.00 e. The number of carbonyl (C=O) groups excluding carboxylic acids is 2. The van der Waals surface area contributed by atoms with Crippen molar-refractivity contribution in [1.82, 2.24) is 0 Å². The molecule has 0 aliphatic heterocycles. The van der Waals surface area contributed by atoms with E-state index in [0.29, 0.717) is 16.6 Å². The van der Waals surface area contributed by atoms with Gasteiger partial charge in [-0.3, -0.25) is 35.1 Å². The minimum Gasteiger partial charge on any atom is -0.506 e. The van der Waals surface area contributed by atoms with Gasteiger partial charge < -0.3 is 10.2 Å². The first-order valence-corrected chi connectivity index (χ1v) is 16.9. The number of benzene rings is 5. The minimum atomic E-state index is -4.57. The predicted molar refractivity (Wildman–Crippen MR) is 197 cm³/mol. The molecule has 14 nitrogen and oxygen atoms in total. The van der Waals surface area contributed by atoms with E-state index in [2.05, 4.69) is 21.1 Å². The second kappa shape index (κ2) is 19.1. The monoisotopic (exact) mass is 835 g/mol. The topological polar surface area (TPSA) is 221 Å². The van der Waals surface area contributed by atoms with E-state index < -0.39 is 37.2 Å². The number of aromatic hydroxyl groups is 2. The van der Waals surface area contributed by atoms with Crippen molar-refractivity contribution in [3.05, 3.63) is 147 Å². The van der Waals surface area contributed by atoms with Crippen LogP contribution >= 0.6 is 11.6 Å². The van der Waals surface area contributed by atoms with E-state index in [4.69, 9.17) is 11.6 Å². The number of nitro benzene ring substituents is 1. The molecule has 55 heavy (non-hydrogen) atoms. The summed E-state index contributed by atoms with van der Waals surface area (Å²) in [6, 6.07) is 26.1. The number of ketones is 2. The molecule has 5 aromatic carbocycles. The van der Waals surface area contributed by atoms with Crippen molar-refractivity contribution >= 4 is 83.5 Å². The van der Waals surface area contributed by atoms with Crippen molar-refractivity contribution in [3.63, 3.8) is 0 Å². The van der Waals surface area contributed by atoms with Crippen LogP contribution in [0.4, 0.5) is 17.1 Å². The SMILES string of the molecule is O=C1C=C(S(=O)(=O)O)c2ccccc2/C1=N/Nc1c(O)ccc2ccccc12.O=C1C=Cc2ccccc2/C1=N/Nc1cc(Cl)c([N+](=O)[O-])cc1O.[Cr].[Na+].[Na+]. The van der Waals surface area contributed by atoms with Crippen LogP contribution in [-0.2, 0) is 37.1 Å². The zero-order chi connectivity index (χ0) is 37.2.